The first-order chi connectivity index (χ1) is 17.3. The van der Waals surface area contributed by atoms with Crippen molar-refractivity contribution >= 4 is 0 Å². The monoisotopic (exact) mass is 493 g/mol. The van der Waals surface area contributed by atoms with Crippen LogP contribution in [0.2, 0.25) is 0 Å². The van der Waals surface area contributed by atoms with E-state index in [9.17, 15) is 18.4 Å². The number of ether oxygens (including phenoxy) is 2. The van der Waals surface area contributed by atoms with Crippen LogP contribution < -0.4 is 16.0 Å². The lowest BCUT2D eigenvalue weighted by molar-refractivity contribution is 0.0580. The molecule has 186 valence electrons. The number of aryl methyl sites for hydroxylation is 1. The topological polar surface area (TPSA) is 75.3 Å². The zero-order chi connectivity index (χ0) is 25.8. The van der Waals surface area contributed by atoms with E-state index in [-0.39, 0.29) is 24.8 Å². The standard InChI is InChI=1S/C27H25F2N3O4/c1-17-14-20(36-25-22(24(28)29)10-7-13-30-25)11-12-21(17)23-18(2)26(33)32(27(34)31(23)3)16-35-15-19-8-5-4-6-9-19/h4-14,24H,15-16H2,1-3H3. The van der Waals surface area contributed by atoms with Gasteiger partial charge < -0.3 is 9.47 Å². The summed E-state index contributed by atoms with van der Waals surface area (Å²) in [6.45, 7) is 3.52. The Morgan fingerprint density at radius 1 is 1.00 bits per heavy atom. The van der Waals surface area contributed by atoms with Crippen LogP contribution in [0.3, 0.4) is 0 Å². The number of aromatic nitrogens is 3. The van der Waals surface area contributed by atoms with Crippen molar-refractivity contribution in [1.82, 2.24) is 14.1 Å². The van der Waals surface area contributed by atoms with E-state index >= 15 is 0 Å². The van der Waals surface area contributed by atoms with Gasteiger partial charge in [-0.15, -0.1) is 0 Å². The highest BCUT2D eigenvalue weighted by Crippen LogP contribution is 2.33. The minimum absolute atomic E-state index is 0.177. The molecular formula is C27H25F2N3O4. The van der Waals surface area contributed by atoms with Crippen LogP contribution >= 0.6 is 0 Å². The predicted molar refractivity (Wildman–Crippen MR) is 131 cm³/mol. The third-order valence-electron chi connectivity index (χ3n) is 5.81. The van der Waals surface area contributed by atoms with Crippen molar-refractivity contribution in [3.05, 3.63) is 110 Å². The van der Waals surface area contributed by atoms with Gasteiger partial charge >= 0.3 is 5.69 Å². The average Bonchev–Trinajstić information content (AvgIpc) is 2.87. The number of rotatable bonds is 8. The maximum absolute atomic E-state index is 13.3. The molecule has 4 aromatic rings. The molecule has 0 unspecified atom stereocenters. The first-order valence-electron chi connectivity index (χ1n) is 11.2. The van der Waals surface area contributed by atoms with E-state index in [0.29, 0.717) is 28.1 Å². The number of nitrogens with zero attached hydrogens (tertiary/aromatic N) is 3. The van der Waals surface area contributed by atoms with Gasteiger partial charge in [-0.25, -0.2) is 23.1 Å². The second-order valence-corrected chi connectivity index (χ2v) is 8.29. The largest absolute Gasteiger partial charge is 0.439 e. The molecule has 0 aliphatic heterocycles. The van der Waals surface area contributed by atoms with Crippen LogP contribution in [0.1, 0.15) is 28.7 Å². The summed E-state index contributed by atoms with van der Waals surface area (Å²) in [5.74, 6) is 0.128. The van der Waals surface area contributed by atoms with E-state index in [1.807, 2.05) is 30.3 Å². The number of pyridine rings is 1. The van der Waals surface area contributed by atoms with Gasteiger partial charge in [0.05, 0.1) is 17.9 Å². The molecule has 0 saturated carbocycles. The zero-order valence-electron chi connectivity index (χ0n) is 20.1. The molecule has 0 aliphatic rings. The molecule has 0 spiro atoms. The fourth-order valence-electron chi connectivity index (χ4n) is 3.98. The maximum Gasteiger partial charge on any atom is 0.333 e. The Kier molecular flexibility index (Phi) is 7.40. The van der Waals surface area contributed by atoms with Gasteiger partial charge in [-0.3, -0.25) is 9.36 Å². The van der Waals surface area contributed by atoms with E-state index in [4.69, 9.17) is 9.47 Å². The summed E-state index contributed by atoms with van der Waals surface area (Å²) in [4.78, 5) is 30.0. The van der Waals surface area contributed by atoms with Crippen LogP contribution in [0.15, 0.2) is 76.4 Å². The SMILES string of the molecule is Cc1cc(Oc2ncccc2C(F)F)ccc1-c1c(C)c(=O)n(COCc2ccccc2)c(=O)n1C. The lowest BCUT2D eigenvalue weighted by atomic mass is 10.0. The zero-order valence-corrected chi connectivity index (χ0v) is 20.1. The van der Waals surface area contributed by atoms with Crippen LogP contribution in [0, 0.1) is 13.8 Å². The van der Waals surface area contributed by atoms with Gasteiger partial charge in [0.1, 0.15) is 12.5 Å². The van der Waals surface area contributed by atoms with Crippen LogP contribution in [-0.4, -0.2) is 14.1 Å². The van der Waals surface area contributed by atoms with Gasteiger partial charge in [0, 0.05) is 24.4 Å². The Balaban J connectivity index is 1.62. The quantitative estimate of drug-likeness (QED) is 0.340. The van der Waals surface area contributed by atoms with E-state index in [1.54, 1.807) is 39.1 Å². The van der Waals surface area contributed by atoms with Crippen molar-refractivity contribution in [2.45, 2.75) is 33.6 Å². The molecule has 0 N–H and O–H groups in total. The molecule has 0 amide bonds. The van der Waals surface area contributed by atoms with Crippen LogP contribution in [0.5, 0.6) is 11.6 Å². The number of hydrogen-bond acceptors (Lipinski definition) is 5. The highest BCUT2D eigenvalue weighted by molar-refractivity contribution is 5.67. The molecule has 0 fully saturated rings. The van der Waals surface area contributed by atoms with Crippen LogP contribution in [0.25, 0.3) is 11.3 Å². The highest BCUT2D eigenvalue weighted by atomic mass is 19.3. The molecule has 0 bridgehead atoms. The number of hydrogen-bond donors (Lipinski definition) is 0. The molecule has 0 aliphatic carbocycles. The molecule has 7 nitrogen and oxygen atoms in total. The molecule has 2 aromatic carbocycles. The Morgan fingerprint density at radius 3 is 2.44 bits per heavy atom. The molecule has 0 atom stereocenters. The Labute approximate surface area is 206 Å². The second kappa shape index (κ2) is 10.7. The lowest BCUT2D eigenvalue weighted by Crippen LogP contribution is -2.41. The molecule has 2 aromatic heterocycles. The van der Waals surface area contributed by atoms with Gasteiger partial charge in [0.2, 0.25) is 5.88 Å². The molecule has 9 heteroatoms. The van der Waals surface area contributed by atoms with Crippen molar-refractivity contribution < 1.29 is 18.3 Å². The smallest absolute Gasteiger partial charge is 0.333 e. The van der Waals surface area contributed by atoms with E-state index in [1.165, 1.54) is 22.9 Å². The van der Waals surface area contributed by atoms with E-state index < -0.39 is 17.7 Å². The van der Waals surface area contributed by atoms with Crippen molar-refractivity contribution in [3.63, 3.8) is 0 Å². The van der Waals surface area contributed by atoms with Crippen molar-refractivity contribution in [2.24, 2.45) is 7.05 Å². The fraction of sp³-hybridized carbons (Fsp3) is 0.222. The maximum atomic E-state index is 13.3. The van der Waals surface area contributed by atoms with Gasteiger partial charge in [-0.2, -0.15) is 0 Å². The van der Waals surface area contributed by atoms with Gasteiger partial charge in [0.25, 0.3) is 12.0 Å². The summed E-state index contributed by atoms with van der Waals surface area (Å²) in [5, 5.41) is 0. The van der Waals surface area contributed by atoms with Crippen molar-refractivity contribution in [1.29, 1.82) is 0 Å². The first-order valence-corrected chi connectivity index (χ1v) is 11.2. The van der Waals surface area contributed by atoms with Crippen LogP contribution in [0.4, 0.5) is 8.78 Å². The van der Waals surface area contributed by atoms with E-state index in [2.05, 4.69) is 4.98 Å². The highest BCUT2D eigenvalue weighted by Gasteiger charge is 2.19. The molecule has 2 heterocycles. The van der Waals surface area contributed by atoms with Gasteiger partial charge in [-0.1, -0.05) is 30.3 Å². The Bertz CT molecular complexity index is 1460. The number of benzene rings is 2. The predicted octanol–water partition coefficient (Wildman–Crippen LogP) is 5.13. The third kappa shape index (κ3) is 5.11. The normalized spacial score (nSPS) is 11.2. The summed E-state index contributed by atoms with van der Waals surface area (Å²) in [7, 11) is 1.59. The third-order valence-corrected chi connectivity index (χ3v) is 5.81. The second-order valence-electron chi connectivity index (χ2n) is 8.29. The van der Waals surface area contributed by atoms with Crippen molar-refractivity contribution in [3.8, 4) is 22.9 Å². The summed E-state index contributed by atoms with van der Waals surface area (Å²) < 4.78 is 40.2. The molecule has 0 saturated heterocycles. The minimum atomic E-state index is -2.73. The van der Waals surface area contributed by atoms with Gasteiger partial charge in [-0.05, 0) is 55.3 Å². The first kappa shape index (κ1) is 25.0. The number of halogens is 2. The summed E-state index contributed by atoms with van der Waals surface area (Å²) in [5.41, 5.74) is 1.83. The minimum Gasteiger partial charge on any atom is -0.439 e. The Morgan fingerprint density at radius 2 is 1.75 bits per heavy atom. The van der Waals surface area contributed by atoms with Gasteiger partial charge in [0.15, 0.2) is 0 Å². The van der Waals surface area contributed by atoms with E-state index in [0.717, 1.165) is 10.1 Å². The lowest BCUT2D eigenvalue weighted by Gasteiger charge is -2.17. The van der Waals surface area contributed by atoms with Crippen LogP contribution in [-0.2, 0) is 25.1 Å². The Hall–Kier alpha value is -4.11. The fourth-order valence-corrected chi connectivity index (χ4v) is 3.98. The molecule has 0 radical (unpaired) electrons. The number of alkyl halides is 2. The van der Waals surface area contributed by atoms with Crippen molar-refractivity contribution in [2.75, 3.05) is 0 Å². The molecule has 4 rings (SSSR count). The summed E-state index contributed by atoms with van der Waals surface area (Å²) in [6.07, 6.45) is -1.35. The molecule has 36 heavy (non-hydrogen) atoms. The average molecular weight is 494 g/mol. The summed E-state index contributed by atoms with van der Waals surface area (Å²) in [6, 6.07) is 17.1. The molecular weight excluding hydrogens is 468 g/mol. The summed E-state index contributed by atoms with van der Waals surface area (Å²) >= 11 is 0.